The number of nitrogens with one attached hydrogen (secondary N) is 2. The standard InChI is InChI=1S/C14H12ClFN2O3S/c1-9(19)17-13-6-5-11(16)8-14(13)18-22(20,21)12-4-2-3-10(15)7-12/h2-8,18H,1H3,(H,17,19). The van der Waals surface area contributed by atoms with Crippen LogP contribution >= 0.6 is 11.6 Å². The molecule has 0 aliphatic heterocycles. The van der Waals surface area contributed by atoms with Crippen LogP contribution < -0.4 is 10.0 Å². The number of carbonyl (C=O) groups excluding carboxylic acids is 1. The molecule has 0 bridgehead atoms. The lowest BCUT2D eigenvalue weighted by Crippen LogP contribution is -2.16. The van der Waals surface area contributed by atoms with Crippen LogP contribution in [0.4, 0.5) is 15.8 Å². The minimum Gasteiger partial charge on any atom is -0.325 e. The highest BCUT2D eigenvalue weighted by molar-refractivity contribution is 7.92. The van der Waals surface area contributed by atoms with E-state index in [1.165, 1.54) is 37.3 Å². The summed E-state index contributed by atoms with van der Waals surface area (Å²) in [6.07, 6.45) is 0. The van der Waals surface area contributed by atoms with E-state index in [0.29, 0.717) is 0 Å². The predicted molar refractivity (Wildman–Crippen MR) is 83.0 cm³/mol. The van der Waals surface area contributed by atoms with Crippen molar-refractivity contribution in [3.05, 3.63) is 53.3 Å². The number of halogens is 2. The zero-order valence-corrected chi connectivity index (χ0v) is 13.0. The normalized spacial score (nSPS) is 11.0. The summed E-state index contributed by atoms with van der Waals surface area (Å²) in [5.74, 6) is -1.05. The molecular weight excluding hydrogens is 331 g/mol. The fourth-order valence-electron chi connectivity index (χ4n) is 1.74. The lowest BCUT2D eigenvalue weighted by molar-refractivity contribution is -0.114. The first-order valence-electron chi connectivity index (χ1n) is 6.13. The molecule has 22 heavy (non-hydrogen) atoms. The molecule has 2 rings (SSSR count). The zero-order valence-electron chi connectivity index (χ0n) is 11.4. The molecule has 116 valence electrons. The van der Waals surface area contributed by atoms with E-state index < -0.39 is 21.7 Å². The van der Waals surface area contributed by atoms with Gasteiger partial charge in [-0.15, -0.1) is 0 Å². The maximum atomic E-state index is 13.4. The number of sulfonamides is 1. The predicted octanol–water partition coefficient (Wildman–Crippen LogP) is 3.24. The largest absolute Gasteiger partial charge is 0.325 e. The fraction of sp³-hybridized carbons (Fsp3) is 0.0714. The molecule has 0 heterocycles. The van der Waals surface area contributed by atoms with Crippen LogP contribution in [0.3, 0.4) is 0 Å². The first kappa shape index (κ1) is 16.3. The Hall–Kier alpha value is -2.12. The summed E-state index contributed by atoms with van der Waals surface area (Å²) in [7, 11) is -3.96. The molecule has 0 spiro atoms. The lowest BCUT2D eigenvalue weighted by Gasteiger charge is -2.13. The van der Waals surface area contributed by atoms with Gasteiger partial charge in [0.2, 0.25) is 5.91 Å². The van der Waals surface area contributed by atoms with Crippen molar-refractivity contribution in [2.75, 3.05) is 10.0 Å². The van der Waals surface area contributed by atoms with Gasteiger partial charge in [-0.3, -0.25) is 9.52 Å². The molecule has 0 atom stereocenters. The summed E-state index contributed by atoms with van der Waals surface area (Å²) in [5.41, 5.74) is 0.0784. The molecule has 0 radical (unpaired) electrons. The molecule has 0 fully saturated rings. The van der Waals surface area contributed by atoms with Gasteiger partial charge in [0.25, 0.3) is 10.0 Å². The average Bonchev–Trinajstić information content (AvgIpc) is 2.41. The summed E-state index contributed by atoms with van der Waals surface area (Å²) in [4.78, 5) is 11.1. The molecule has 2 aromatic carbocycles. The second-order valence-electron chi connectivity index (χ2n) is 4.43. The van der Waals surface area contributed by atoms with Crippen molar-refractivity contribution in [1.82, 2.24) is 0 Å². The molecule has 0 unspecified atom stereocenters. The highest BCUT2D eigenvalue weighted by Crippen LogP contribution is 2.26. The molecule has 0 saturated carbocycles. The van der Waals surface area contributed by atoms with Gasteiger partial charge in [-0.1, -0.05) is 17.7 Å². The van der Waals surface area contributed by atoms with E-state index in [1.807, 2.05) is 0 Å². The molecule has 8 heteroatoms. The first-order chi connectivity index (χ1) is 10.3. The molecule has 2 N–H and O–H groups in total. The first-order valence-corrected chi connectivity index (χ1v) is 7.99. The Morgan fingerprint density at radius 2 is 1.86 bits per heavy atom. The van der Waals surface area contributed by atoms with Crippen LogP contribution in [0, 0.1) is 5.82 Å². The van der Waals surface area contributed by atoms with Crippen molar-refractivity contribution in [3.63, 3.8) is 0 Å². The van der Waals surface area contributed by atoms with Crippen LogP contribution in [0.25, 0.3) is 0 Å². The quantitative estimate of drug-likeness (QED) is 0.895. The van der Waals surface area contributed by atoms with E-state index in [4.69, 9.17) is 11.6 Å². The number of anilines is 2. The lowest BCUT2D eigenvalue weighted by atomic mass is 10.2. The van der Waals surface area contributed by atoms with E-state index in [-0.39, 0.29) is 21.3 Å². The number of benzene rings is 2. The van der Waals surface area contributed by atoms with Gasteiger partial charge in [-0.2, -0.15) is 0 Å². The van der Waals surface area contributed by atoms with Gasteiger partial charge < -0.3 is 5.32 Å². The summed E-state index contributed by atoms with van der Waals surface area (Å²) in [6, 6.07) is 9.00. The smallest absolute Gasteiger partial charge is 0.262 e. The number of hydrogen-bond donors (Lipinski definition) is 2. The minimum absolute atomic E-state index is 0.0713. The van der Waals surface area contributed by atoms with Crippen molar-refractivity contribution in [1.29, 1.82) is 0 Å². The van der Waals surface area contributed by atoms with Crippen LogP contribution in [0.5, 0.6) is 0 Å². The van der Waals surface area contributed by atoms with Crippen LogP contribution in [0.2, 0.25) is 5.02 Å². The third-order valence-corrected chi connectivity index (χ3v) is 4.24. The number of carbonyl (C=O) groups is 1. The van der Waals surface area contributed by atoms with Crippen molar-refractivity contribution in [3.8, 4) is 0 Å². The van der Waals surface area contributed by atoms with Gasteiger partial charge in [0.05, 0.1) is 16.3 Å². The molecular formula is C14H12ClFN2O3S. The van der Waals surface area contributed by atoms with E-state index in [1.54, 1.807) is 0 Å². The van der Waals surface area contributed by atoms with Gasteiger partial charge in [0.15, 0.2) is 0 Å². The highest BCUT2D eigenvalue weighted by Gasteiger charge is 2.17. The van der Waals surface area contributed by atoms with Crippen molar-refractivity contribution in [2.45, 2.75) is 11.8 Å². The van der Waals surface area contributed by atoms with Gasteiger partial charge in [0.1, 0.15) is 5.82 Å². The third kappa shape index (κ3) is 3.96. The number of amides is 1. The Morgan fingerprint density at radius 3 is 2.50 bits per heavy atom. The monoisotopic (exact) mass is 342 g/mol. The Labute approximate surface area is 132 Å². The average molecular weight is 343 g/mol. The number of rotatable bonds is 4. The van der Waals surface area contributed by atoms with Crippen LogP contribution in [0.1, 0.15) is 6.92 Å². The fourth-order valence-corrected chi connectivity index (χ4v) is 3.11. The minimum atomic E-state index is -3.96. The van der Waals surface area contributed by atoms with Crippen molar-refractivity contribution >= 4 is 38.9 Å². The van der Waals surface area contributed by atoms with Gasteiger partial charge in [-0.25, -0.2) is 12.8 Å². The molecule has 5 nitrogen and oxygen atoms in total. The summed E-state index contributed by atoms with van der Waals surface area (Å²) < 4.78 is 40.2. The van der Waals surface area contributed by atoms with E-state index in [2.05, 4.69) is 10.0 Å². The van der Waals surface area contributed by atoms with Crippen molar-refractivity contribution < 1.29 is 17.6 Å². The maximum Gasteiger partial charge on any atom is 0.262 e. The van der Waals surface area contributed by atoms with Crippen LogP contribution in [0.15, 0.2) is 47.4 Å². The number of hydrogen-bond acceptors (Lipinski definition) is 3. The Balaban J connectivity index is 2.41. The second-order valence-corrected chi connectivity index (χ2v) is 6.55. The van der Waals surface area contributed by atoms with Gasteiger partial charge in [0, 0.05) is 18.0 Å². The zero-order chi connectivity index (χ0) is 16.3. The van der Waals surface area contributed by atoms with E-state index in [9.17, 15) is 17.6 Å². The summed E-state index contributed by atoms with van der Waals surface area (Å²) in [5, 5.41) is 2.68. The third-order valence-electron chi connectivity index (χ3n) is 2.64. The SMILES string of the molecule is CC(=O)Nc1ccc(F)cc1NS(=O)(=O)c1cccc(Cl)c1. The summed E-state index contributed by atoms with van der Waals surface area (Å²) in [6.45, 7) is 1.26. The Morgan fingerprint density at radius 1 is 1.14 bits per heavy atom. The maximum absolute atomic E-state index is 13.4. The van der Waals surface area contributed by atoms with E-state index in [0.717, 1.165) is 12.1 Å². The molecule has 0 saturated heterocycles. The highest BCUT2D eigenvalue weighted by atomic mass is 35.5. The molecule has 2 aromatic rings. The molecule has 1 amide bonds. The molecule has 0 aromatic heterocycles. The molecule has 0 aliphatic rings. The Bertz CT molecular complexity index is 825. The second kappa shape index (κ2) is 6.33. The van der Waals surface area contributed by atoms with Crippen molar-refractivity contribution in [2.24, 2.45) is 0 Å². The molecule has 0 aliphatic carbocycles. The van der Waals surface area contributed by atoms with E-state index >= 15 is 0 Å². The van der Waals surface area contributed by atoms with Gasteiger partial charge in [-0.05, 0) is 30.3 Å². The summed E-state index contributed by atoms with van der Waals surface area (Å²) >= 11 is 5.77. The van der Waals surface area contributed by atoms with Gasteiger partial charge >= 0.3 is 0 Å². The van der Waals surface area contributed by atoms with Crippen LogP contribution in [-0.2, 0) is 14.8 Å². The van der Waals surface area contributed by atoms with Crippen LogP contribution in [-0.4, -0.2) is 14.3 Å². The topological polar surface area (TPSA) is 75.3 Å². The Kier molecular flexibility index (Phi) is 4.68.